The van der Waals surface area contributed by atoms with E-state index in [1.165, 1.54) is 18.7 Å². The molecule has 0 aliphatic carbocycles. The van der Waals surface area contributed by atoms with Crippen molar-refractivity contribution in [2.75, 3.05) is 12.3 Å². The smallest absolute Gasteiger partial charge is 0.255 e. The number of amides is 1. The molecule has 0 fully saturated rings. The molecule has 0 atom stereocenters. The van der Waals surface area contributed by atoms with Gasteiger partial charge in [-0.05, 0) is 13.3 Å². The van der Waals surface area contributed by atoms with Gasteiger partial charge in [-0.2, -0.15) is 0 Å². The first-order chi connectivity index (χ1) is 10.6. The Hall–Kier alpha value is -2.08. The fourth-order valence-corrected chi connectivity index (χ4v) is 2.77. The fourth-order valence-electron chi connectivity index (χ4n) is 1.96. The van der Waals surface area contributed by atoms with Crippen LogP contribution in [0.25, 0.3) is 11.3 Å². The molecule has 0 unspecified atom stereocenters. The van der Waals surface area contributed by atoms with Gasteiger partial charge in [-0.25, -0.2) is 4.98 Å². The van der Waals surface area contributed by atoms with Crippen molar-refractivity contribution in [2.24, 2.45) is 0 Å². The highest BCUT2D eigenvalue weighted by Gasteiger charge is 2.09. The SMILES string of the molecule is CC(=O)NCCCSc1nc(-c2ccccc2)c(C)c(=O)[nH]1. The van der Waals surface area contributed by atoms with Gasteiger partial charge in [0.1, 0.15) is 0 Å². The molecule has 0 radical (unpaired) electrons. The summed E-state index contributed by atoms with van der Waals surface area (Å²) < 4.78 is 0. The van der Waals surface area contributed by atoms with Crippen LogP contribution in [0.2, 0.25) is 0 Å². The first kappa shape index (κ1) is 16.3. The summed E-state index contributed by atoms with van der Waals surface area (Å²) in [5.74, 6) is 0.749. The molecule has 0 saturated carbocycles. The lowest BCUT2D eigenvalue weighted by Crippen LogP contribution is -2.21. The molecule has 1 heterocycles. The summed E-state index contributed by atoms with van der Waals surface area (Å²) in [6.07, 6.45) is 0.822. The molecular formula is C16H19N3O2S. The first-order valence-electron chi connectivity index (χ1n) is 7.11. The molecule has 1 aromatic carbocycles. The maximum atomic E-state index is 12.0. The zero-order valence-electron chi connectivity index (χ0n) is 12.7. The van der Waals surface area contributed by atoms with Gasteiger partial charge in [0.2, 0.25) is 5.91 Å². The number of nitrogens with one attached hydrogen (secondary N) is 2. The number of hydrogen-bond donors (Lipinski definition) is 2. The molecule has 1 aromatic heterocycles. The Bertz CT molecular complexity index is 698. The highest BCUT2D eigenvalue weighted by Crippen LogP contribution is 2.21. The van der Waals surface area contributed by atoms with E-state index >= 15 is 0 Å². The van der Waals surface area contributed by atoms with Crippen LogP contribution in [0.3, 0.4) is 0 Å². The molecule has 22 heavy (non-hydrogen) atoms. The number of rotatable bonds is 6. The Kier molecular flexibility index (Phi) is 5.77. The van der Waals surface area contributed by atoms with Crippen LogP contribution in [-0.4, -0.2) is 28.2 Å². The summed E-state index contributed by atoms with van der Waals surface area (Å²) in [4.78, 5) is 30.2. The molecule has 116 valence electrons. The van der Waals surface area contributed by atoms with E-state index in [2.05, 4.69) is 15.3 Å². The Balaban J connectivity index is 2.09. The minimum atomic E-state index is -0.113. The number of hydrogen-bond acceptors (Lipinski definition) is 4. The maximum absolute atomic E-state index is 12.0. The summed E-state index contributed by atoms with van der Waals surface area (Å²) in [7, 11) is 0. The normalized spacial score (nSPS) is 10.5. The van der Waals surface area contributed by atoms with E-state index in [0.29, 0.717) is 23.0 Å². The molecule has 6 heteroatoms. The lowest BCUT2D eigenvalue weighted by atomic mass is 10.1. The Morgan fingerprint density at radius 1 is 1.32 bits per heavy atom. The van der Waals surface area contributed by atoms with Gasteiger partial charge in [0.25, 0.3) is 5.56 Å². The highest BCUT2D eigenvalue weighted by atomic mass is 32.2. The van der Waals surface area contributed by atoms with E-state index in [-0.39, 0.29) is 11.5 Å². The molecule has 2 N–H and O–H groups in total. The van der Waals surface area contributed by atoms with Crippen LogP contribution in [0.4, 0.5) is 0 Å². The number of benzene rings is 1. The number of nitrogens with zero attached hydrogens (tertiary/aromatic N) is 1. The van der Waals surface area contributed by atoms with Gasteiger partial charge in [0, 0.05) is 30.3 Å². The van der Waals surface area contributed by atoms with Gasteiger partial charge in [0.05, 0.1) is 5.69 Å². The molecule has 2 rings (SSSR count). The third-order valence-corrected chi connectivity index (χ3v) is 4.07. The van der Waals surface area contributed by atoms with Crippen molar-refractivity contribution < 1.29 is 4.79 Å². The predicted octanol–water partition coefficient (Wildman–Crippen LogP) is 2.36. The van der Waals surface area contributed by atoms with E-state index in [1.807, 2.05) is 30.3 Å². The summed E-state index contributed by atoms with van der Waals surface area (Å²) in [5.41, 5.74) is 2.16. The van der Waals surface area contributed by atoms with Crippen LogP contribution >= 0.6 is 11.8 Å². The van der Waals surface area contributed by atoms with Crippen molar-refractivity contribution in [2.45, 2.75) is 25.4 Å². The number of carbonyl (C=O) groups is 1. The Labute approximate surface area is 133 Å². The summed E-state index contributed by atoms with van der Waals surface area (Å²) in [6, 6.07) is 9.68. The van der Waals surface area contributed by atoms with Gasteiger partial charge >= 0.3 is 0 Å². The number of aromatic amines is 1. The van der Waals surface area contributed by atoms with Crippen molar-refractivity contribution in [1.29, 1.82) is 0 Å². The third kappa shape index (κ3) is 4.46. The molecule has 2 aromatic rings. The molecule has 1 amide bonds. The second kappa shape index (κ2) is 7.79. The molecule has 0 bridgehead atoms. The summed E-state index contributed by atoms with van der Waals surface area (Å²) in [6.45, 7) is 3.90. The van der Waals surface area contributed by atoms with Crippen LogP contribution in [0, 0.1) is 6.92 Å². The predicted molar refractivity (Wildman–Crippen MR) is 89.1 cm³/mol. The van der Waals surface area contributed by atoms with E-state index < -0.39 is 0 Å². The second-order valence-electron chi connectivity index (χ2n) is 4.90. The van der Waals surface area contributed by atoms with Crippen molar-refractivity contribution >= 4 is 17.7 Å². The van der Waals surface area contributed by atoms with E-state index in [0.717, 1.165) is 17.7 Å². The molecule has 0 aliphatic rings. The highest BCUT2D eigenvalue weighted by molar-refractivity contribution is 7.99. The minimum Gasteiger partial charge on any atom is -0.356 e. The first-order valence-corrected chi connectivity index (χ1v) is 8.10. The summed E-state index contributed by atoms with van der Waals surface area (Å²) in [5, 5.41) is 3.35. The van der Waals surface area contributed by atoms with Crippen LogP contribution < -0.4 is 10.9 Å². The van der Waals surface area contributed by atoms with Crippen LogP contribution in [0.15, 0.2) is 40.3 Å². The molecule has 0 saturated heterocycles. The van der Waals surface area contributed by atoms with Crippen LogP contribution in [0.1, 0.15) is 18.9 Å². The standard InChI is InChI=1S/C16H19N3O2S/c1-11-14(13-7-4-3-5-8-13)18-16(19-15(11)21)22-10-6-9-17-12(2)20/h3-5,7-8H,6,9-10H2,1-2H3,(H,17,20)(H,18,19,21). The van der Waals surface area contributed by atoms with Crippen molar-refractivity contribution in [3.8, 4) is 11.3 Å². The largest absolute Gasteiger partial charge is 0.356 e. The zero-order valence-corrected chi connectivity index (χ0v) is 13.5. The summed E-state index contributed by atoms with van der Waals surface area (Å²) >= 11 is 1.49. The van der Waals surface area contributed by atoms with E-state index in [9.17, 15) is 9.59 Å². The van der Waals surface area contributed by atoms with Crippen molar-refractivity contribution in [3.63, 3.8) is 0 Å². The third-order valence-electron chi connectivity index (χ3n) is 3.11. The molecular weight excluding hydrogens is 298 g/mol. The lowest BCUT2D eigenvalue weighted by Gasteiger charge is -2.07. The number of carbonyl (C=O) groups excluding carboxylic acids is 1. The molecule has 5 nitrogen and oxygen atoms in total. The van der Waals surface area contributed by atoms with Gasteiger partial charge < -0.3 is 10.3 Å². The lowest BCUT2D eigenvalue weighted by molar-refractivity contribution is -0.118. The minimum absolute atomic E-state index is 0.0294. The average molecular weight is 317 g/mol. The average Bonchev–Trinajstić information content (AvgIpc) is 2.50. The topological polar surface area (TPSA) is 74.8 Å². The van der Waals surface area contributed by atoms with Crippen molar-refractivity contribution in [3.05, 3.63) is 46.2 Å². The van der Waals surface area contributed by atoms with Crippen LogP contribution in [0.5, 0.6) is 0 Å². The number of thioether (sulfide) groups is 1. The van der Waals surface area contributed by atoms with Gasteiger partial charge in [-0.15, -0.1) is 0 Å². The van der Waals surface area contributed by atoms with E-state index in [4.69, 9.17) is 0 Å². The van der Waals surface area contributed by atoms with Crippen LogP contribution in [-0.2, 0) is 4.79 Å². The quantitative estimate of drug-likeness (QED) is 0.487. The zero-order chi connectivity index (χ0) is 15.9. The number of H-pyrrole nitrogens is 1. The van der Waals surface area contributed by atoms with Crippen molar-refractivity contribution in [1.82, 2.24) is 15.3 Å². The number of aromatic nitrogens is 2. The second-order valence-corrected chi connectivity index (χ2v) is 5.98. The Morgan fingerprint density at radius 2 is 2.05 bits per heavy atom. The molecule has 0 aliphatic heterocycles. The maximum Gasteiger partial charge on any atom is 0.255 e. The van der Waals surface area contributed by atoms with Gasteiger partial charge in [-0.1, -0.05) is 42.1 Å². The fraction of sp³-hybridized carbons (Fsp3) is 0.312. The van der Waals surface area contributed by atoms with Gasteiger partial charge in [-0.3, -0.25) is 9.59 Å². The monoisotopic (exact) mass is 317 g/mol. The van der Waals surface area contributed by atoms with E-state index in [1.54, 1.807) is 6.92 Å². The molecule has 0 spiro atoms. The van der Waals surface area contributed by atoms with Gasteiger partial charge in [0.15, 0.2) is 5.16 Å². The Morgan fingerprint density at radius 3 is 2.73 bits per heavy atom.